The number of halogens is 2. The van der Waals surface area contributed by atoms with Gasteiger partial charge < -0.3 is 15.7 Å². The summed E-state index contributed by atoms with van der Waals surface area (Å²) in [5.41, 5.74) is 0.337. The number of aliphatic hydroxyl groups excluding tert-OH is 1. The minimum atomic E-state index is -2.54. The molecule has 1 rings (SSSR count). The third kappa shape index (κ3) is 5.33. The number of carbonyl (C=O) groups is 1. The van der Waals surface area contributed by atoms with Gasteiger partial charge in [0, 0.05) is 18.0 Å². The number of thioether (sulfide) groups is 1. The Morgan fingerprint density at radius 1 is 1.39 bits per heavy atom. The number of carbonyl (C=O) groups excluding carboxylic acids is 1. The molecule has 1 aromatic rings. The Balaban J connectivity index is 2.57. The van der Waals surface area contributed by atoms with Crippen LogP contribution >= 0.6 is 11.8 Å². The van der Waals surface area contributed by atoms with Crippen molar-refractivity contribution in [1.82, 2.24) is 5.32 Å². The fourth-order valence-corrected chi connectivity index (χ4v) is 1.81. The summed E-state index contributed by atoms with van der Waals surface area (Å²) in [5.74, 6) is -2.54. The lowest BCUT2D eigenvalue weighted by molar-refractivity contribution is 0.248. The molecule has 7 heteroatoms. The number of alkyl halides is 2. The first kappa shape index (κ1) is 14.7. The number of benzene rings is 1. The van der Waals surface area contributed by atoms with Crippen LogP contribution < -0.4 is 10.6 Å². The number of anilines is 1. The van der Waals surface area contributed by atoms with Crippen molar-refractivity contribution >= 4 is 23.5 Å². The number of rotatable bonds is 6. The molecule has 100 valence electrons. The number of hydrogen-bond acceptors (Lipinski definition) is 3. The maximum Gasteiger partial charge on any atom is 0.319 e. The van der Waals surface area contributed by atoms with Crippen molar-refractivity contribution < 1.29 is 18.7 Å². The molecule has 0 saturated carbocycles. The predicted octanol–water partition coefficient (Wildman–Crippen LogP) is 2.51. The van der Waals surface area contributed by atoms with Crippen LogP contribution in [0.15, 0.2) is 29.2 Å². The topological polar surface area (TPSA) is 61.4 Å². The van der Waals surface area contributed by atoms with Crippen LogP contribution in [0, 0.1) is 0 Å². The summed E-state index contributed by atoms with van der Waals surface area (Å²) in [4.78, 5) is 11.7. The molecular weight excluding hydrogens is 262 g/mol. The van der Waals surface area contributed by atoms with Gasteiger partial charge in [0.25, 0.3) is 5.76 Å². The van der Waals surface area contributed by atoms with E-state index >= 15 is 0 Å². The highest BCUT2D eigenvalue weighted by Gasteiger charge is 2.11. The molecule has 0 aliphatic heterocycles. The van der Waals surface area contributed by atoms with Gasteiger partial charge in [-0.25, -0.2) is 4.79 Å². The molecule has 0 radical (unpaired) electrons. The molecule has 0 heterocycles. The molecular formula is C11H14F2N2O2S. The first-order chi connectivity index (χ1) is 8.63. The summed E-state index contributed by atoms with van der Waals surface area (Å²) in [6, 6.07) is 5.86. The molecule has 0 saturated heterocycles. The molecule has 0 unspecified atom stereocenters. The molecule has 0 bridgehead atoms. The van der Waals surface area contributed by atoms with Crippen molar-refractivity contribution in [2.45, 2.75) is 17.1 Å². The van der Waals surface area contributed by atoms with Crippen molar-refractivity contribution in [2.24, 2.45) is 0 Å². The summed E-state index contributed by atoms with van der Waals surface area (Å²) in [7, 11) is 0. The van der Waals surface area contributed by atoms with Crippen molar-refractivity contribution in [3.05, 3.63) is 24.3 Å². The normalized spacial score (nSPS) is 10.4. The van der Waals surface area contributed by atoms with Gasteiger partial charge in [-0.05, 0) is 18.6 Å². The second-order valence-electron chi connectivity index (χ2n) is 3.33. The van der Waals surface area contributed by atoms with Crippen molar-refractivity contribution in [1.29, 1.82) is 0 Å². The number of para-hydroxylation sites is 1. The van der Waals surface area contributed by atoms with Crippen LogP contribution in [0.25, 0.3) is 0 Å². The Labute approximate surface area is 108 Å². The Morgan fingerprint density at radius 3 is 2.78 bits per heavy atom. The van der Waals surface area contributed by atoms with Gasteiger partial charge in [0.2, 0.25) is 0 Å². The number of urea groups is 1. The average Bonchev–Trinajstić information content (AvgIpc) is 2.31. The molecule has 2 amide bonds. The van der Waals surface area contributed by atoms with Crippen LogP contribution in [0.3, 0.4) is 0 Å². The van der Waals surface area contributed by atoms with Gasteiger partial charge in [-0.3, -0.25) is 0 Å². The molecule has 3 N–H and O–H groups in total. The molecule has 0 aliphatic carbocycles. The minimum Gasteiger partial charge on any atom is -0.396 e. The second kappa shape index (κ2) is 7.88. The zero-order valence-electron chi connectivity index (χ0n) is 9.53. The van der Waals surface area contributed by atoms with Crippen LogP contribution in [-0.4, -0.2) is 30.0 Å². The van der Waals surface area contributed by atoms with E-state index in [4.69, 9.17) is 5.11 Å². The van der Waals surface area contributed by atoms with Gasteiger partial charge in [0.1, 0.15) is 0 Å². The van der Waals surface area contributed by atoms with E-state index < -0.39 is 11.8 Å². The fraction of sp³-hybridized carbons (Fsp3) is 0.364. The highest BCUT2D eigenvalue weighted by Crippen LogP contribution is 2.31. The van der Waals surface area contributed by atoms with Crippen LogP contribution in [0.4, 0.5) is 19.3 Å². The van der Waals surface area contributed by atoms with Crippen LogP contribution in [-0.2, 0) is 0 Å². The SMILES string of the molecule is O=C(NCCCO)Nc1ccccc1SC(F)F. The minimum absolute atomic E-state index is 0.0158. The maximum absolute atomic E-state index is 12.3. The lowest BCUT2D eigenvalue weighted by atomic mass is 10.3. The summed E-state index contributed by atoms with van der Waals surface area (Å²) >= 11 is 0.380. The quantitative estimate of drug-likeness (QED) is 0.552. The highest BCUT2D eigenvalue weighted by molar-refractivity contribution is 7.99. The summed E-state index contributed by atoms with van der Waals surface area (Å²) < 4.78 is 24.6. The molecule has 1 aromatic carbocycles. The van der Waals surface area contributed by atoms with Crippen LogP contribution in [0.2, 0.25) is 0 Å². The van der Waals surface area contributed by atoms with Crippen LogP contribution in [0.1, 0.15) is 6.42 Å². The Morgan fingerprint density at radius 2 is 2.11 bits per heavy atom. The van der Waals surface area contributed by atoms with E-state index in [0.717, 1.165) is 0 Å². The van der Waals surface area contributed by atoms with E-state index in [1.807, 2.05) is 0 Å². The molecule has 0 atom stereocenters. The second-order valence-corrected chi connectivity index (χ2v) is 4.36. The van der Waals surface area contributed by atoms with E-state index in [-0.39, 0.29) is 6.61 Å². The summed E-state index contributed by atoms with van der Waals surface area (Å²) in [6.45, 7) is 0.310. The maximum atomic E-state index is 12.3. The van der Waals surface area contributed by atoms with Crippen molar-refractivity contribution in [2.75, 3.05) is 18.5 Å². The number of amides is 2. The van der Waals surface area contributed by atoms with Crippen molar-refractivity contribution in [3.8, 4) is 0 Å². The first-order valence-corrected chi connectivity index (χ1v) is 6.21. The van der Waals surface area contributed by atoms with E-state index in [2.05, 4.69) is 10.6 Å². The van der Waals surface area contributed by atoms with Gasteiger partial charge in [0.15, 0.2) is 0 Å². The van der Waals surface area contributed by atoms with Gasteiger partial charge in [-0.1, -0.05) is 23.9 Å². The predicted molar refractivity (Wildman–Crippen MR) is 67.0 cm³/mol. The van der Waals surface area contributed by atoms with Crippen LogP contribution in [0.5, 0.6) is 0 Å². The Bertz CT molecular complexity index is 391. The average molecular weight is 276 g/mol. The molecule has 0 spiro atoms. The standard InChI is InChI=1S/C11H14F2N2O2S/c12-10(13)18-9-5-2-1-4-8(9)15-11(17)14-6-3-7-16/h1-2,4-5,10,16H,3,6-7H2,(H2,14,15,17). The third-order valence-electron chi connectivity index (χ3n) is 1.97. The van der Waals surface area contributed by atoms with Crippen molar-refractivity contribution in [3.63, 3.8) is 0 Å². The third-order valence-corrected chi connectivity index (χ3v) is 2.76. The molecule has 0 aromatic heterocycles. The highest BCUT2D eigenvalue weighted by atomic mass is 32.2. The van der Waals surface area contributed by atoms with E-state index in [1.165, 1.54) is 6.07 Å². The monoisotopic (exact) mass is 276 g/mol. The molecule has 0 fully saturated rings. The summed E-state index contributed by atoms with van der Waals surface area (Å²) in [5, 5.41) is 13.5. The van der Waals surface area contributed by atoms with E-state index in [1.54, 1.807) is 18.2 Å². The number of nitrogens with one attached hydrogen (secondary N) is 2. The first-order valence-electron chi connectivity index (χ1n) is 5.33. The van der Waals surface area contributed by atoms with Gasteiger partial charge in [0.05, 0.1) is 5.69 Å². The largest absolute Gasteiger partial charge is 0.396 e. The number of hydrogen-bond donors (Lipinski definition) is 3. The van der Waals surface area contributed by atoms with Gasteiger partial charge >= 0.3 is 6.03 Å². The molecule has 18 heavy (non-hydrogen) atoms. The summed E-state index contributed by atoms with van der Waals surface area (Å²) in [6.07, 6.45) is 0.445. The Hall–Kier alpha value is -1.34. The van der Waals surface area contributed by atoms with Gasteiger partial charge in [-0.15, -0.1) is 0 Å². The van der Waals surface area contributed by atoms with Gasteiger partial charge in [-0.2, -0.15) is 8.78 Å². The Kier molecular flexibility index (Phi) is 6.45. The number of aliphatic hydroxyl groups is 1. The zero-order chi connectivity index (χ0) is 13.4. The van der Waals surface area contributed by atoms with E-state index in [0.29, 0.717) is 35.3 Å². The smallest absolute Gasteiger partial charge is 0.319 e. The lowest BCUT2D eigenvalue weighted by Crippen LogP contribution is -2.30. The molecule has 4 nitrogen and oxygen atoms in total. The zero-order valence-corrected chi connectivity index (χ0v) is 10.3. The van der Waals surface area contributed by atoms with E-state index in [9.17, 15) is 13.6 Å². The lowest BCUT2D eigenvalue weighted by Gasteiger charge is -2.11. The molecule has 0 aliphatic rings. The fourth-order valence-electron chi connectivity index (χ4n) is 1.22.